The quantitative estimate of drug-likeness (QED) is 0.921. The molecule has 2 rings (SSSR count). The van der Waals surface area contributed by atoms with Crippen LogP contribution in [0.25, 0.3) is 0 Å². The van der Waals surface area contributed by atoms with E-state index in [2.05, 4.69) is 0 Å². The highest BCUT2D eigenvalue weighted by atomic mass is 35.5. The molecular formula is C12H17ClN2O2S. The zero-order valence-corrected chi connectivity index (χ0v) is 11.8. The fourth-order valence-corrected chi connectivity index (χ4v) is 3.91. The molecule has 1 aliphatic carbocycles. The number of nitrogens with two attached hydrogens (primary N) is 1. The van der Waals surface area contributed by atoms with Crippen LogP contribution in [0.3, 0.4) is 0 Å². The van der Waals surface area contributed by atoms with Crippen molar-refractivity contribution in [2.24, 2.45) is 5.73 Å². The minimum absolute atomic E-state index is 0.104. The third kappa shape index (κ3) is 2.40. The van der Waals surface area contributed by atoms with Gasteiger partial charge < -0.3 is 5.73 Å². The van der Waals surface area contributed by atoms with Crippen LogP contribution in [0, 0.1) is 0 Å². The van der Waals surface area contributed by atoms with E-state index in [4.69, 9.17) is 17.3 Å². The normalized spacial score (nSPS) is 16.9. The first-order valence-corrected chi connectivity index (χ1v) is 7.75. The van der Waals surface area contributed by atoms with Gasteiger partial charge in [0.15, 0.2) is 0 Å². The van der Waals surface area contributed by atoms with Gasteiger partial charge in [0.05, 0.1) is 5.02 Å². The van der Waals surface area contributed by atoms with Crippen LogP contribution in [0.4, 0.5) is 0 Å². The Balaban J connectivity index is 2.39. The number of rotatable bonds is 4. The molecule has 0 amide bonds. The summed E-state index contributed by atoms with van der Waals surface area (Å²) in [7, 11) is -1.90. The Labute approximate surface area is 113 Å². The Kier molecular flexibility index (Phi) is 3.96. The third-order valence-electron chi connectivity index (χ3n) is 3.48. The van der Waals surface area contributed by atoms with Crippen LogP contribution in [0.1, 0.15) is 24.8 Å². The summed E-state index contributed by atoms with van der Waals surface area (Å²) < 4.78 is 26.3. The van der Waals surface area contributed by atoms with Gasteiger partial charge >= 0.3 is 0 Å². The summed E-state index contributed by atoms with van der Waals surface area (Å²) in [5.74, 6) is 0. The molecule has 1 fully saturated rings. The molecule has 0 aliphatic heterocycles. The third-order valence-corrected chi connectivity index (χ3v) is 5.87. The van der Waals surface area contributed by atoms with Crippen LogP contribution in [0.15, 0.2) is 23.1 Å². The Morgan fingerprint density at radius 1 is 1.44 bits per heavy atom. The van der Waals surface area contributed by atoms with Crippen molar-refractivity contribution in [3.8, 4) is 0 Å². The van der Waals surface area contributed by atoms with E-state index in [1.54, 1.807) is 25.2 Å². The van der Waals surface area contributed by atoms with Crippen LogP contribution in [0.2, 0.25) is 5.02 Å². The van der Waals surface area contributed by atoms with Crippen LogP contribution in [-0.4, -0.2) is 25.8 Å². The molecule has 18 heavy (non-hydrogen) atoms. The number of nitrogens with zero attached hydrogens (tertiary/aromatic N) is 1. The summed E-state index contributed by atoms with van der Waals surface area (Å²) in [6.07, 6.45) is 2.93. The lowest BCUT2D eigenvalue weighted by atomic mass is 9.94. The van der Waals surface area contributed by atoms with Gasteiger partial charge in [-0.25, -0.2) is 8.42 Å². The van der Waals surface area contributed by atoms with E-state index in [9.17, 15) is 8.42 Å². The summed E-state index contributed by atoms with van der Waals surface area (Å²) in [6, 6.07) is 5.00. The lowest BCUT2D eigenvalue weighted by Crippen LogP contribution is -2.41. The Bertz CT molecular complexity index is 541. The summed E-state index contributed by atoms with van der Waals surface area (Å²) in [4.78, 5) is 0.154. The summed E-state index contributed by atoms with van der Waals surface area (Å²) in [6.45, 7) is 0.298. The van der Waals surface area contributed by atoms with Crippen molar-refractivity contribution in [1.29, 1.82) is 0 Å². The number of sulfonamides is 1. The van der Waals surface area contributed by atoms with Crippen molar-refractivity contribution in [3.63, 3.8) is 0 Å². The molecule has 0 spiro atoms. The topological polar surface area (TPSA) is 63.4 Å². The lowest BCUT2D eigenvalue weighted by Gasteiger charge is -2.34. The van der Waals surface area contributed by atoms with Crippen LogP contribution >= 0.6 is 11.6 Å². The predicted octanol–water partition coefficient (Wildman–Crippen LogP) is 1.97. The first kappa shape index (κ1) is 13.8. The SMILES string of the molecule is CN(C1CCC1)S(=O)(=O)c1cc(CN)ccc1Cl. The second-order valence-corrected chi connectivity index (χ2v) is 6.95. The molecule has 0 heterocycles. The van der Waals surface area contributed by atoms with Crippen LogP contribution < -0.4 is 5.73 Å². The Hall–Kier alpha value is -0.620. The van der Waals surface area contributed by atoms with E-state index in [0.717, 1.165) is 24.8 Å². The molecule has 0 bridgehead atoms. The maximum atomic E-state index is 12.5. The van der Waals surface area contributed by atoms with Crippen molar-refractivity contribution in [2.75, 3.05) is 7.05 Å². The highest BCUT2D eigenvalue weighted by Gasteiger charge is 2.32. The number of benzene rings is 1. The molecule has 100 valence electrons. The summed E-state index contributed by atoms with van der Waals surface area (Å²) in [5, 5.41) is 0.248. The molecule has 0 saturated heterocycles. The zero-order valence-electron chi connectivity index (χ0n) is 10.3. The number of hydrogen-bond acceptors (Lipinski definition) is 3. The highest BCUT2D eigenvalue weighted by Crippen LogP contribution is 2.31. The highest BCUT2D eigenvalue weighted by molar-refractivity contribution is 7.89. The fraction of sp³-hybridized carbons (Fsp3) is 0.500. The van der Waals surface area contributed by atoms with Crippen molar-refractivity contribution in [3.05, 3.63) is 28.8 Å². The van der Waals surface area contributed by atoms with Gasteiger partial charge in [0.25, 0.3) is 0 Å². The maximum absolute atomic E-state index is 12.5. The van der Waals surface area contributed by atoms with E-state index in [-0.39, 0.29) is 16.0 Å². The average molecular weight is 289 g/mol. The molecule has 0 unspecified atom stereocenters. The van der Waals surface area contributed by atoms with E-state index < -0.39 is 10.0 Å². The zero-order chi connectivity index (χ0) is 13.3. The maximum Gasteiger partial charge on any atom is 0.244 e. The van der Waals surface area contributed by atoms with E-state index >= 15 is 0 Å². The van der Waals surface area contributed by atoms with E-state index in [0.29, 0.717) is 6.54 Å². The summed E-state index contributed by atoms with van der Waals surface area (Å²) in [5.41, 5.74) is 6.30. The monoisotopic (exact) mass is 288 g/mol. The van der Waals surface area contributed by atoms with E-state index in [1.807, 2.05) is 0 Å². The smallest absolute Gasteiger partial charge is 0.244 e. The minimum atomic E-state index is -3.52. The largest absolute Gasteiger partial charge is 0.326 e. The molecule has 0 radical (unpaired) electrons. The first-order chi connectivity index (χ1) is 8.46. The molecular weight excluding hydrogens is 272 g/mol. The van der Waals surface area contributed by atoms with Gasteiger partial charge in [-0.15, -0.1) is 0 Å². The molecule has 2 N–H and O–H groups in total. The molecule has 6 heteroatoms. The van der Waals surface area contributed by atoms with Gasteiger partial charge in [0.1, 0.15) is 4.90 Å². The molecule has 1 aliphatic rings. The van der Waals surface area contributed by atoms with Gasteiger partial charge in [-0.1, -0.05) is 24.1 Å². The second kappa shape index (κ2) is 5.17. The van der Waals surface area contributed by atoms with Crippen molar-refractivity contribution in [1.82, 2.24) is 4.31 Å². The molecule has 1 aromatic rings. The Morgan fingerprint density at radius 2 is 2.11 bits per heavy atom. The van der Waals surface area contributed by atoms with Crippen molar-refractivity contribution < 1.29 is 8.42 Å². The van der Waals surface area contributed by atoms with Gasteiger partial charge in [-0.2, -0.15) is 4.31 Å². The van der Waals surface area contributed by atoms with Crippen LogP contribution in [0.5, 0.6) is 0 Å². The van der Waals surface area contributed by atoms with Gasteiger partial charge in [0.2, 0.25) is 10.0 Å². The van der Waals surface area contributed by atoms with Gasteiger partial charge in [-0.3, -0.25) is 0 Å². The first-order valence-electron chi connectivity index (χ1n) is 5.93. The number of hydrogen-bond donors (Lipinski definition) is 1. The molecule has 4 nitrogen and oxygen atoms in total. The predicted molar refractivity (Wildman–Crippen MR) is 71.9 cm³/mol. The van der Waals surface area contributed by atoms with Crippen molar-refractivity contribution >= 4 is 21.6 Å². The van der Waals surface area contributed by atoms with Crippen molar-refractivity contribution in [2.45, 2.75) is 36.7 Å². The molecule has 1 saturated carbocycles. The second-order valence-electron chi connectivity index (χ2n) is 4.57. The Morgan fingerprint density at radius 3 is 2.61 bits per heavy atom. The van der Waals surface area contributed by atoms with E-state index in [1.165, 1.54) is 4.31 Å². The standard InChI is InChI=1S/C12H17ClN2O2S/c1-15(10-3-2-4-10)18(16,17)12-7-9(8-14)5-6-11(12)13/h5-7,10H,2-4,8,14H2,1H3. The molecule has 1 aromatic carbocycles. The fourth-order valence-electron chi connectivity index (χ4n) is 1.97. The minimum Gasteiger partial charge on any atom is -0.326 e. The molecule has 0 aromatic heterocycles. The van der Waals surface area contributed by atoms with Crippen LogP contribution in [-0.2, 0) is 16.6 Å². The average Bonchev–Trinajstić information content (AvgIpc) is 2.27. The van der Waals surface area contributed by atoms with Gasteiger partial charge in [0, 0.05) is 19.6 Å². The number of halogens is 1. The summed E-state index contributed by atoms with van der Waals surface area (Å²) >= 11 is 6.00. The molecule has 0 atom stereocenters. The lowest BCUT2D eigenvalue weighted by molar-refractivity contribution is 0.249. The van der Waals surface area contributed by atoms with Gasteiger partial charge in [-0.05, 0) is 30.5 Å².